The second kappa shape index (κ2) is 10.4. The summed E-state index contributed by atoms with van der Waals surface area (Å²) in [6.45, 7) is 9.13. The standard InChI is InChI=1S/C26H31N7OS/c1-16-6-8-20(9-7-16)24-23-17(2)18(3)35-26(23)33(19(4)27)25(28)21(31-24)14-22(34)30-10-5-12-32-13-11-29-15-32/h6-9,11,13,15,21,27-28H,5,10,12,14H2,1-4H3,(H,30,34). The molecule has 9 heteroatoms. The van der Waals surface area contributed by atoms with E-state index in [0.717, 1.165) is 50.8 Å². The summed E-state index contributed by atoms with van der Waals surface area (Å²) in [6.07, 6.45) is 6.22. The van der Waals surface area contributed by atoms with Crippen LogP contribution in [0, 0.1) is 31.6 Å². The maximum Gasteiger partial charge on any atom is 0.222 e. The van der Waals surface area contributed by atoms with Crippen molar-refractivity contribution in [2.45, 2.75) is 53.1 Å². The van der Waals surface area contributed by atoms with Crippen molar-refractivity contribution in [3.05, 3.63) is 70.1 Å². The van der Waals surface area contributed by atoms with Gasteiger partial charge in [0, 0.05) is 41.5 Å². The number of nitrogens with zero attached hydrogens (tertiary/aromatic N) is 4. The predicted molar refractivity (Wildman–Crippen MR) is 142 cm³/mol. The quantitative estimate of drug-likeness (QED) is 0.259. The van der Waals surface area contributed by atoms with Crippen LogP contribution in [0.1, 0.15) is 46.9 Å². The summed E-state index contributed by atoms with van der Waals surface area (Å²) in [5.41, 5.74) is 4.90. The zero-order chi connectivity index (χ0) is 25.1. The van der Waals surface area contributed by atoms with Gasteiger partial charge in [0.05, 0.1) is 18.5 Å². The van der Waals surface area contributed by atoms with Gasteiger partial charge in [-0.3, -0.25) is 25.5 Å². The van der Waals surface area contributed by atoms with Crippen molar-refractivity contribution < 1.29 is 4.79 Å². The van der Waals surface area contributed by atoms with Gasteiger partial charge < -0.3 is 9.88 Å². The molecule has 1 unspecified atom stereocenters. The van der Waals surface area contributed by atoms with E-state index in [9.17, 15) is 4.79 Å². The number of aryl methyl sites for hydroxylation is 3. The molecular formula is C26H31N7OS. The molecule has 8 nitrogen and oxygen atoms in total. The van der Waals surface area contributed by atoms with Crippen LogP contribution >= 0.6 is 11.3 Å². The highest BCUT2D eigenvalue weighted by Gasteiger charge is 2.34. The number of rotatable bonds is 7. The van der Waals surface area contributed by atoms with E-state index in [2.05, 4.69) is 24.1 Å². The van der Waals surface area contributed by atoms with Gasteiger partial charge >= 0.3 is 0 Å². The molecule has 0 saturated carbocycles. The zero-order valence-corrected chi connectivity index (χ0v) is 21.4. The Morgan fingerprint density at radius 2 is 1.94 bits per heavy atom. The number of anilines is 1. The van der Waals surface area contributed by atoms with Gasteiger partial charge in [0.25, 0.3) is 0 Å². The SMILES string of the molecule is CC(=N)N1C(=N)C(CC(=O)NCCCn2ccnc2)N=C(c2ccc(C)cc2)c2c1sc(C)c2C. The highest BCUT2D eigenvalue weighted by atomic mass is 32.1. The molecule has 1 amide bonds. The maximum atomic E-state index is 12.9. The summed E-state index contributed by atoms with van der Waals surface area (Å²) in [5.74, 6) is 0.234. The molecule has 0 bridgehead atoms. The van der Waals surface area contributed by atoms with Crippen molar-refractivity contribution in [2.24, 2.45) is 4.99 Å². The van der Waals surface area contributed by atoms with Crippen LogP contribution in [0.25, 0.3) is 0 Å². The smallest absolute Gasteiger partial charge is 0.222 e. The molecule has 3 N–H and O–H groups in total. The Kier molecular flexibility index (Phi) is 7.25. The van der Waals surface area contributed by atoms with Crippen molar-refractivity contribution in [3.63, 3.8) is 0 Å². The van der Waals surface area contributed by atoms with Gasteiger partial charge in [-0.1, -0.05) is 29.8 Å². The number of thiophene rings is 1. The van der Waals surface area contributed by atoms with Gasteiger partial charge in [-0.2, -0.15) is 0 Å². The lowest BCUT2D eigenvalue weighted by Crippen LogP contribution is -2.42. The Hall–Kier alpha value is -3.59. The van der Waals surface area contributed by atoms with Gasteiger partial charge in [-0.15, -0.1) is 11.3 Å². The van der Waals surface area contributed by atoms with Crippen LogP contribution in [0.15, 0.2) is 48.0 Å². The van der Waals surface area contributed by atoms with Crippen LogP contribution in [0.3, 0.4) is 0 Å². The molecule has 1 aromatic carbocycles. The van der Waals surface area contributed by atoms with Crippen molar-refractivity contribution >= 4 is 39.6 Å². The number of carbonyl (C=O) groups is 1. The molecule has 0 radical (unpaired) electrons. The Morgan fingerprint density at radius 1 is 1.20 bits per heavy atom. The molecule has 4 rings (SSSR count). The minimum atomic E-state index is -0.695. The van der Waals surface area contributed by atoms with Gasteiger partial charge in [0.1, 0.15) is 22.7 Å². The summed E-state index contributed by atoms with van der Waals surface area (Å²) in [7, 11) is 0. The number of carbonyl (C=O) groups excluding carboxylic acids is 1. The molecule has 3 aromatic rings. The van der Waals surface area contributed by atoms with E-state index in [1.165, 1.54) is 0 Å². The molecule has 1 aliphatic rings. The number of amides is 1. The van der Waals surface area contributed by atoms with Gasteiger partial charge in [-0.05, 0) is 39.7 Å². The van der Waals surface area contributed by atoms with Crippen molar-refractivity contribution in [3.8, 4) is 0 Å². The Morgan fingerprint density at radius 3 is 2.60 bits per heavy atom. The molecule has 0 saturated heterocycles. The lowest BCUT2D eigenvalue weighted by Gasteiger charge is -2.24. The number of nitrogens with one attached hydrogen (secondary N) is 3. The number of hydrogen-bond donors (Lipinski definition) is 3. The molecule has 3 heterocycles. The van der Waals surface area contributed by atoms with Crippen LogP contribution in [-0.2, 0) is 11.3 Å². The van der Waals surface area contributed by atoms with Crippen LogP contribution in [0.4, 0.5) is 5.00 Å². The molecule has 35 heavy (non-hydrogen) atoms. The summed E-state index contributed by atoms with van der Waals surface area (Å²) in [5, 5.41) is 21.2. The molecular weight excluding hydrogens is 458 g/mol. The van der Waals surface area contributed by atoms with Crippen LogP contribution < -0.4 is 10.2 Å². The fourth-order valence-corrected chi connectivity index (χ4v) is 5.37. The third kappa shape index (κ3) is 5.24. The molecule has 1 aliphatic heterocycles. The lowest BCUT2D eigenvalue weighted by molar-refractivity contribution is -0.121. The second-order valence-corrected chi connectivity index (χ2v) is 10.0. The van der Waals surface area contributed by atoms with Gasteiger partial charge in [0.2, 0.25) is 5.91 Å². The number of amidine groups is 2. The third-order valence-corrected chi connectivity index (χ3v) is 7.35. The molecule has 1 atom stereocenters. The van der Waals surface area contributed by atoms with Crippen LogP contribution in [0.2, 0.25) is 0 Å². The van der Waals surface area contributed by atoms with E-state index in [0.29, 0.717) is 6.54 Å². The highest BCUT2D eigenvalue weighted by Crippen LogP contribution is 2.40. The number of fused-ring (bicyclic) bond motifs is 1. The third-order valence-electron chi connectivity index (χ3n) is 6.16. The number of aliphatic imine (C=N–C) groups is 1. The Labute approximate surface area is 209 Å². The van der Waals surface area contributed by atoms with E-state index < -0.39 is 6.04 Å². The molecule has 2 aromatic heterocycles. The van der Waals surface area contributed by atoms with Gasteiger partial charge in [0.15, 0.2) is 0 Å². The normalized spacial score (nSPS) is 15.4. The molecule has 0 aliphatic carbocycles. The summed E-state index contributed by atoms with van der Waals surface area (Å²) >= 11 is 1.56. The van der Waals surface area contributed by atoms with E-state index in [4.69, 9.17) is 15.8 Å². The maximum absolute atomic E-state index is 12.9. The average Bonchev–Trinajstić information content (AvgIpc) is 3.40. The van der Waals surface area contributed by atoms with Crippen LogP contribution in [0.5, 0.6) is 0 Å². The average molecular weight is 490 g/mol. The highest BCUT2D eigenvalue weighted by molar-refractivity contribution is 7.17. The predicted octanol–water partition coefficient (Wildman–Crippen LogP) is 4.47. The lowest BCUT2D eigenvalue weighted by atomic mass is 9.99. The number of aromatic nitrogens is 2. The van der Waals surface area contributed by atoms with Crippen molar-refractivity contribution in [1.29, 1.82) is 10.8 Å². The van der Waals surface area contributed by atoms with Crippen LogP contribution in [-0.4, -0.2) is 45.4 Å². The topological polar surface area (TPSA) is 110 Å². The first kappa shape index (κ1) is 24.5. The summed E-state index contributed by atoms with van der Waals surface area (Å²) in [4.78, 5) is 24.7. The van der Waals surface area contributed by atoms with E-state index in [1.807, 2.05) is 42.0 Å². The van der Waals surface area contributed by atoms with E-state index in [-0.39, 0.29) is 24.0 Å². The minimum absolute atomic E-state index is 0.0516. The fourth-order valence-electron chi connectivity index (χ4n) is 4.15. The van der Waals surface area contributed by atoms with Crippen molar-refractivity contribution in [1.82, 2.24) is 14.9 Å². The molecule has 182 valence electrons. The molecule has 0 fully saturated rings. The monoisotopic (exact) mass is 489 g/mol. The minimum Gasteiger partial charge on any atom is -0.356 e. The number of benzene rings is 1. The largest absolute Gasteiger partial charge is 0.356 e. The number of imidazole rings is 1. The summed E-state index contributed by atoms with van der Waals surface area (Å²) < 4.78 is 1.97. The first-order chi connectivity index (χ1) is 16.8. The Bertz CT molecular complexity index is 1270. The summed E-state index contributed by atoms with van der Waals surface area (Å²) in [6, 6.07) is 7.47. The second-order valence-electron chi connectivity index (χ2n) is 8.84. The molecule has 0 spiro atoms. The Balaban J connectivity index is 1.63. The fraction of sp³-hybridized carbons (Fsp3) is 0.346. The number of hydrogen-bond acceptors (Lipinski definition) is 6. The van der Waals surface area contributed by atoms with E-state index >= 15 is 0 Å². The first-order valence-electron chi connectivity index (χ1n) is 11.7. The van der Waals surface area contributed by atoms with E-state index in [1.54, 1.807) is 35.7 Å². The van der Waals surface area contributed by atoms with Gasteiger partial charge in [-0.25, -0.2) is 4.98 Å². The zero-order valence-electron chi connectivity index (χ0n) is 20.6. The van der Waals surface area contributed by atoms with Crippen molar-refractivity contribution in [2.75, 3.05) is 11.4 Å². The first-order valence-corrected chi connectivity index (χ1v) is 12.5.